The lowest BCUT2D eigenvalue weighted by Gasteiger charge is -2.09. The number of anilines is 2. The van der Waals surface area contributed by atoms with Crippen molar-refractivity contribution in [2.24, 2.45) is 0 Å². The highest BCUT2D eigenvalue weighted by Gasteiger charge is 2.11. The first-order valence-corrected chi connectivity index (χ1v) is 9.31. The monoisotopic (exact) mass is 413 g/mol. The number of amides is 2. The maximum absolute atomic E-state index is 11.9. The summed E-state index contributed by atoms with van der Waals surface area (Å²) in [6.07, 6.45) is 0.226. The van der Waals surface area contributed by atoms with Crippen LogP contribution in [0.15, 0.2) is 42.5 Å². The molecule has 0 spiro atoms. The summed E-state index contributed by atoms with van der Waals surface area (Å²) in [6, 6.07) is 11.2. The highest BCUT2D eigenvalue weighted by molar-refractivity contribution is 5.93. The molecule has 0 atom stereocenters. The van der Waals surface area contributed by atoms with Crippen LogP contribution in [0, 0.1) is 24.0 Å². The van der Waals surface area contributed by atoms with Crippen LogP contribution in [-0.4, -0.2) is 29.3 Å². The first kappa shape index (κ1) is 22.5. The van der Waals surface area contributed by atoms with Crippen molar-refractivity contribution in [3.8, 4) is 0 Å². The van der Waals surface area contributed by atoms with Crippen LogP contribution in [0.3, 0.4) is 0 Å². The zero-order valence-corrected chi connectivity index (χ0v) is 16.8. The molecule has 0 aliphatic rings. The number of rotatable bonds is 9. The fourth-order valence-electron chi connectivity index (χ4n) is 2.67. The molecule has 0 bridgehead atoms. The second-order valence-electron chi connectivity index (χ2n) is 6.74. The number of ether oxygens (including phenoxy) is 1. The van der Waals surface area contributed by atoms with E-state index in [0.717, 1.165) is 11.1 Å². The number of hydrogen-bond donors (Lipinski definition) is 2. The number of nitrogens with zero attached hydrogens (tertiary/aromatic N) is 1. The van der Waals surface area contributed by atoms with Crippen LogP contribution in [0.25, 0.3) is 0 Å². The molecular weight excluding hydrogens is 390 g/mol. The van der Waals surface area contributed by atoms with Crippen molar-refractivity contribution in [2.75, 3.05) is 17.2 Å². The molecule has 0 saturated heterocycles. The van der Waals surface area contributed by atoms with Crippen molar-refractivity contribution in [2.45, 2.75) is 33.1 Å². The van der Waals surface area contributed by atoms with E-state index < -0.39 is 23.4 Å². The lowest BCUT2D eigenvalue weighted by molar-refractivity contribution is -0.384. The van der Waals surface area contributed by atoms with E-state index >= 15 is 0 Å². The SMILES string of the molecule is Cc1ccc(NC(=O)COC(=O)CCCC(=O)Nc2cccc([N+](=O)[O-])c2)c(C)c1. The number of carbonyl (C=O) groups excluding carboxylic acids is 3. The Hall–Kier alpha value is -3.75. The van der Waals surface area contributed by atoms with Crippen molar-refractivity contribution in [1.82, 2.24) is 0 Å². The van der Waals surface area contributed by atoms with Crippen LogP contribution < -0.4 is 10.6 Å². The number of non-ortho nitro benzene ring substituents is 1. The predicted octanol–water partition coefficient (Wildman–Crippen LogP) is 3.50. The summed E-state index contributed by atoms with van der Waals surface area (Å²) in [4.78, 5) is 45.8. The first-order valence-electron chi connectivity index (χ1n) is 9.31. The summed E-state index contributed by atoms with van der Waals surface area (Å²) in [6.45, 7) is 3.41. The van der Waals surface area contributed by atoms with Gasteiger partial charge in [-0.25, -0.2) is 0 Å². The number of nitrogens with one attached hydrogen (secondary N) is 2. The van der Waals surface area contributed by atoms with E-state index in [1.165, 1.54) is 24.3 Å². The molecule has 0 unspecified atom stereocenters. The molecule has 9 heteroatoms. The number of nitro groups is 1. The molecule has 0 radical (unpaired) electrons. The molecule has 0 aromatic heterocycles. The molecule has 9 nitrogen and oxygen atoms in total. The van der Waals surface area contributed by atoms with E-state index in [2.05, 4.69) is 10.6 Å². The third-order valence-electron chi connectivity index (χ3n) is 4.15. The molecule has 2 aromatic carbocycles. The highest BCUT2D eigenvalue weighted by atomic mass is 16.6. The second-order valence-corrected chi connectivity index (χ2v) is 6.74. The smallest absolute Gasteiger partial charge is 0.306 e. The third kappa shape index (κ3) is 7.34. The quantitative estimate of drug-likeness (QED) is 0.368. The molecule has 30 heavy (non-hydrogen) atoms. The average Bonchev–Trinajstić information content (AvgIpc) is 2.68. The molecule has 0 fully saturated rings. The summed E-state index contributed by atoms with van der Waals surface area (Å²) in [5, 5.41) is 16.0. The molecule has 2 aromatic rings. The van der Waals surface area contributed by atoms with Crippen LogP contribution in [0.2, 0.25) is 0 Å². The van der Waals surface area contributed by atoms with Gasteiger partial charge in [0.05, 0.1) is 4.92 Å². The number of nitro benzene ring substituents is 1. The van der Waals surface area contributed by atoms with E-state index in [9.17, 15) is 24.5 Å². The van der Waals surface area contributed by atoms with Gasteiger partial charge in [-0.2, -0.15) is 0 Å². The van der Waals surface area contributed by atoms with Crippen molar-refractivity contribution in [3.05, 3.63) is 63.7 Å². The van der Waals surface area contributed by atoms with Gasteiger partial charge in [0.25, 0.3) is 11.6 Å². The van der Waals surface area contributed by atoms with Gasteiger partial charge in [-0.3, -0.25) is 24.5 Å². The molecule has 0 aliphatic heterocycles. The zero-order chi connectivity index (χ0) is 22.1. The normalized spacial score (nSPS) is 10.2. The van der Waals surface area contributed by atoms with Crippen LogP contribution >= 0.6 is 0 Å². The van der Waals surface area contributed by atoms with Crippen molar-refractivity contribution in [3.63, 3.8) is 0 Å². The van der Waals surface area contributed by atoms with Crippen molar-refractivity contribution in [1.29, 1.82) is 0 Å². The molecular formula is C21H23N3O6. The summed E-state index contributed by atoms with van der Waals surface area (Å²) in [5.41, 5.74) is 2.81. The largest absolute Gasteiger partial charge is 0.456 e. The second kappa shape index (κ2) is 10.7. The Balaban J connectivity index is 1.68. The Morgan fingerprint density at radius 3 is 2.47 bits per heavy atom. The fraction of sp³-hybridized carbons (Fsp3) is 0.286. The van der Waals surface area contributed by atoms with Gasteiger partial charge in [0, 0.05) is 36.3 Å². The van der Waals surface area contributed by atoms with E-state index in [1.54, 1.807) is 6.07 Å². The first-order chi connectivity index (χ1) is 14.2. The van der Waals surface area contributed by atoms with Crippen LogP contribution in [0.1, 0.15) is 30.4 Å². The number of esters is 1. The van der Waals surface area contributed by atoms with Crippen molar-refractivity contribution >= 4 is 34.8 Å². The van der Waals surface area contributed by atoms with Crippen LogP contribution in [0.5, 0.6) is 0 Å². The molecule has 0 aliphatic carbocycles. The number of carbonyl (C=O) groups is 3. The fourth-order valence-corrected chi connectivity index (χ4v) is 2.67. The Labute approximate surface area is 173 Å². The summed E-state index contributed by atoms with van der Waals surface area (Å²) in [5.74, 6) is -1.41. The van der Waals surface area contributed by atoms with Gasteiger partial charge < -0.3 is 15.4 Å². The summed E-state index contributed by atoms with van der Waals surface area (Å²) in [7, 11) is 0. The molecule has 2 N–H and O–H groups in total. The number of hydrogen-bond acceptors (Lipinski definition) is 6. The van der Waals surface area contributed by atoms with E-state index in [1.807, 2.05) is 26.0 Å². The highest BCUT2D eigenvalue weighted by Crippen LogP contribution is 2.18. The van der Waals surface area contributed by atoms with Gasteiger partial charge in [0.2, 0.25) is 5.91 Å². The van der Waals surface area contributed by atoms with Gasteiger partial charge in [-0.05, 0) is 38.0 Å². The maximum Gasteiger partial charge on any atom is 0.306 e. The van der Waals surface area contributed by atoms with Crippen LogP contribution in [-0.2, 0) is 19.1 Å². The third-order valence-corrected chi connectivity index (χ3v) is 4.15. The Kier molecular flexibility index (Phi) is 8.04. The Morgan fingerprint density at radius 2 is 1.77 bits per heavy atom. The van der Waals surface area contributed by atoms with Gasteiger partial charge in [-0.15, -0.1) is 0 Å². The Bertz CT molecular complexity index is 958. The topological polar surface area (TPSA) is 128 Å². The van der Waals surface area contributed by atoms with E-state index in [-0.39, 0.29) is 30.9 Å². The minimum absolute atomic E-state index is 0.0286. The minimum Gasteiger partial charge on any atom is -0.456 e. The van der Waals surface area contributed by atoms with E-state index in [4.69, 9.17) is 4.74 Å². The molecule has 0 heterocycles. The predicted molar refractivity (Wildman–Crippen MR) is 111 cm³/mol. The van der Waals surface area contributed by atoms with Crippen LogP contribution in [0.4, 0.5) is 17.1 Å². The maximum atomic E-state index is 11.9. The average molecular weight is 413 g/mol. The number of benzene rings is 2. The standard InChI is InChI=1S/C21H23N3O6/c1-14-9-10-18(15(2)11-14)23-20(26)13-30-21(27)8-4-7-19(25)22-16-5-3-6-17(12-16)24(28)29/h3,5-6,9-12H,4,7-8,13H2,1-2H3,(H,22,25)(H,23,26). The molecule has 2 rings (SSSR count). The lowest BCUT2D eigenvalue weighted by atomic mass is 10.1. The lowest BCUT2D eigenvalue weighted by Crippen LogP contribution is -2.21. The zero-order valence-electron chi connectivity index (χ0n) is 16.8. The summed E-state index contributed by atoms with van der Waals surface area (Å²) < 4.78 is 4.92. The molecule has 0 saturated carbocycles. The molecule has 158 valence electrons. The molecule has 2 amide bonds. The number of aryl methyl sites for hydroxylation is 2. The van der Waals surface area contributed by atoms with Gasteiger partial charge >= 0.3 is 5.97 Å². The minimum atomic E-state index is -0.589. The van der Waals surface area contributed by atoms with Crippen molar-refractivity contribution < 1.29 is 24.0 Å². The van der Waals surface area contributed by atoms with Gasteiger partial charge in [0.1, 0.15) is 0 Å². The Morgan fingerprint density at radius 1 is 1.00 bits per heavy atom. The van der Waals surface area contributed by atoms with Gasteiger partial charge in [0.15, 0.2) is 6.61 Å². The van der Waals surface area contributed by atoms with E-state index in [0.29, 0.717) is 11.4 Å². The summed E-state index contributed by atoms with van der Waals surface area (Å²) >= 11 is 0. The van der Waals surface area contributed by atoms with Gasteiger partial charge in [-0.1, -0.05) is 23.8 Å².